The van der Waals surface area contributed by atoms with Crippen molar-refractivity contribution >= 4 is 34.1 Å². The first-order valence-corrected chi connectivity index (χ1v) is 8.40. The zero-order valence-corrected chi connectivity index (χ0v) is 14.9. The molecule has 1 aromatic carbocycles. The number of aromatic nitrogens is 1. The molecule has 1 aromatic heterocycles. The van der Waals surface area contributed by atoms with Crippen molar-refractivity contribution in [3.05, 3.63) is 40.4 Å². The molecular weight excluding hydrogens is 344 g/mol. The predicted octanol–water partition coefficient (Wildman–Crippen LogP) is 2.85. The van der Waals surface area contributed by atoms with Crippen LogP contribution in [-0.4, -0.2) is 35.9 Å². The Morgan fingerprint density at radius 2 is 2.04 bits per heavy atom. The number of benzene rings is 1. The van der Waals surface area contributed by atoms with Gasteiger partial charge in [0.1, 0.15) is 10.6 Å². The molecule has 0 aliphatic heterocycles. The maximum atomic E-state index is 12.0. The molecule has 7 nitrogen and oxygen atoms in total. The van der Waals surface area contributed by atoms with E-state index < -0.39 is 11.9 Å². The van der Waals surface area contributed by atoms with Crippen molar-refractivity contribution in [2.75, 3.05) is 18.5 Å². The molecule has 2 rings (SSSR count). The van der Waals surface area contributed by atoms with Crippen molar-refractivity contribution in [2.24, 2.45) is 0 Å². The molecule has 2 aromatic rings. The zero-order chi connectivity index (χ0) is 18.4. The average molecular weight is 362 g/mol. The second kappa shape index (κ2) is 8.39. The van der Waals surface area contributed by atoms with Crippen molar-refractivity contribution in [3.63, 3.8) is 0 Å². The van der Waals surface area contributed by atoms with E-state index in [1.54, 1.807) is 38.1 Å². The summed E-state index contributed by atoms with van der Waals surface area (Å²) in [7, 11) is 0. The Balaban J connectivity index is 1.94. The number of nitrogens with one attached hydrogen (secondary N) is 1. The first-order valence-electron chi connectivity index (χ1n) is 7.59. The van der Waals surface area contributed by atoms with Crippen LogP contribution in [0.2, 0.25) is 0 Å². The Morgan fingerprint density at radius 1 is 1.28 bits per heavy atom. The van der Waals surface area contributed by atoms with E-state index in [2.05, 4.69) is 10.3 Å². The monoisotopic (exact) mass is 362 g/mol. The van der Waals surface area contributed by atoms with Crippen LogP contribution < -0.4 is 10.1 Å². The van der Waals surface area contributed by atoms with Crippen molar-refractivity contribution in [1.82, 2.24) is 4.98 Å². The van der Waals surface area contributed by atoms with Crippen LogP contribution in [0.3, 0.4) is 0 Å². The third kappa shape index (κ3) is 5.12. The van der Waals surface area contributed by atoms with Crippen LogP contribution in [0.4, 0.5) is 5.13 Å². The van der Waals surface area contributed by atoms with E-state index in [9.17, 15) is 14.4 Å². The Bertz CT molecular complexity index is 800. The topological polar surface area (TPSA) is 94.6 Å². The summed E-state index contributed by atoms with van der Waals surface area (Å²) in [5, 5.41) is 2.87. The lowest BCUT2D eigenvalue weighted by Crippen LogP contribution is -2.20. The van der Waals surface area contributed by atoms with Gasteiger partial charge in [0.25, 0.3) is 5.91 Å². The Labute approximate surface area is 149 Å². The summed E-state index contributed by atoms with van der Waals surface area (Å²) in [5.74, 6) is -0.544. The van der Waals surface area contributed by atoms with Crippen LogP contribution in [0.5, 0.6) is 5.75 Å². The van der Waals surface area contributed by atoms with Gasteiger partial charge in [0.15, 0.2) is 17.5 Å². The number of esters is 1. The van der Waals surface area contributed by atoms with Gasteiger partial charge in [0.05, 0.1) is 12.3 Å². The number of anilines is 1. The molecule has 1 heterocycles. The van der Waals surface area contributed by atoms with Gasteiger partial charge in [-0.25, -0.2) is 9.78 Å². The number of thiazole rings is 1. The minimum Gasteiger partial charge on any atom is -0.484 e. The van der Waals surface area contributed by atoms with Gasteiger partial charge in [-0.05, 0) is 32.9 Å². The number of Topliss-reactive ketones (excluding diaryl/α,β-unsaturated/α-hetero) is 1. The molecule has 0 fully saturated rings. The van der Waals surface area contributed by atoms with Gasteiger partial charge in [-0.15, -0.1) is 0 Å². The molecule has 1 N–H and O–H groups in total. The molecular formula is C17H18N2O5S. The number of amides is 1. The van der Waals surface area contributed by atoms with E-state index in [4.69, 9.17) is 9.47 Å². The molecule has 1 amide bonds. The molecule has 25 heavy (non-hydrogen) atoms. The van der Waals surface area contributed by atoms with E-state index in [0.29, 0.717) is 27.0 Å². The smallest absolute Gasteiger partial charge is 0.350 e. The van der Waals surface area contributed by atoms with Gasteiger partial charge in [-0.1, -0.05) is 23.5 Å². The summed E-state index contributed by atoms with van der Waals surface area (Å²) in [6.45, 7) is 4.87. The lowest BCUT2D eigenvalue weighted by Gasteiger charge is -2.06. The maximum absolute atomic E-state index is 12.0. The fourth-order valence-electron chi connectivity index (χ4n) is 1.95. The third-order valence-electron chi connectivity index (χ3n) is 3.11. The van der Waals surface area contributed by atoms with Crippen LogP contribution in [0.15, 0.2) is 24.3 Å². The highest BCUT2D eigenvalue weighted by Crippen LogP contribution is 2.23. The number of ether oxygens (including phenoxy) is 2. The van der Waals surface area contributed by atoms with Crippen molar-refractivity contribution in [1.29, 1.82) is 0 Å². The number of hydrogen-bond donors (Lipinski definition) is 1. The number of aryl methyl sites for hydroxylation is 1. The number of ketones is 1. The van der Waals surface area contributed by atoms with Crippen molar-refractivity contribution in [3.8, 4) is 5.75 Å². The van der Waals surface area contributed by atoms with E-state index in [1.165, 1.54) is 6.92 Å². The number of nitrogens with zero attached hydrogens (tertiary/aromatic N) is 1. The highest BCUT2D eigenvalue weighted by molar-refractivity contribution is 7.17. The van der Waals surface area contributed by atoms with E-state index in [-0.39, 0.29) is 19.0 Å². The first-order chi connectivity index (χ1) is 11.9. The summed E-state index contributed by atoms with van der Waals surface area (Å²) < 4.78 is 10.3. The molecule has 0 atom stereocenters. The zero-order valence-electron chi connectivity index (χ0n) is 14.1. The molecule has 0 saturated carbocycles. The van der Waals surface area contributed by atoms with E-state index in [0.717, 1.165) is 11.3 Å². The Kier molecular flexibility index (Phi) is 6.24. The molecule has 0 saturated heterocycles. The van der Waals surface area contributed by atoms with Gasteiger partial charge in [-0.2, -0.15) is 0 Å². The van der Waals surface area contributed by atoms with Crippen LogP contribution in [0.25, 0.3) is 0 Å². The Morgan fingerprint density at radius 3 is 2.72 bits per heavy atom. The minimum atomic E-state index is -0.463. The molecule has 0 bridgehead atoms. The number of rotatable bonds is 7. The minimum absolute atomic E-state index is 0.0837. The summed E-state index contributed by atoms with van der Waals surface area (Å²) in [4.78, 5) is 39.5. The quantitative estimate of drug-likeness (QED) is 0.601. The Hall–Kier alpha value is -2.74. The second-order valence-electron chi connectivity index (χ2n) is 5.07. The fraction of sp³-hybridized carbons (Fsp3) is 0.294. The fourth-order valence-corrected chi connectivity index (χ4v) is 2.82. The molecule has 132 valence electrons. The highest BCUT2D eigenvalue weighted by Gasteiger charge is 2.17. The van der Waals surface area contributed by atoms with Gasteiger partial charge in [-0.3, -0.25) is 14.9 Å². The standard InChI is InChI=1S/C17H18N2O5S/c1-4-23-16(22)15-10(2)18-17(25-15)19-14(21)9-24-13-7-5-6-12(8-13)11(3)20/h5-8H,4,9H2,1-3H3,(H,18,19,21). The summed E-state index contributed by atoms with van der Waals surface area (Å²) in [6, 6.07) is 6.58. The lowest BCUT2D eigenvalue weighted by molar-refractivity contribution is -0.118. The van der Waals surface area contributed by atoms with Crippen LogP contribution in [-0.2, 0) is 9.53 Å². The first kappa shape index (κ1) is 18.6. The van der Waals surface area contributed by atoms with Gasteiger partial charge < -0.3 is 9.47 Å². The van der Waals surface area contributed by atoms with Gasteiger partial charge >= 0.3 is 5.97 Å². The molecule has 0 aliphatic rings. The highest BCUT2D eigenvalue weighted by atomic mass is 32.1. The number of hydrogen-bond acceptors (Lipinski definition) is 7. The summed E-state index contributed by atoms with van der Waals surface area (Å²) in [6.07, 6.45) is 0. The maximum Gasteiger partial charge on any atom is 0.350 e. The van der Waals surface area contributed by atoms with E-state index >= 15 is 0 Å². The SMILES string of the molecule is CCOC(=O)c1sc(NC(=O)COc2cccc(C(C)=O)c2)nc1C. The predicted molar refractivity (Wildman–Crippen MR) is 93.4 cm³/mol. The molecule has 0 radical (unpaired) electrons. The molecule has 0 unspecified atom stereocenters. The number of carbonyl (C=O) groups is 3. The van der Waals surface area contributed by atoms with Crippen molar-refractivity contribution < 1.29 is 23.9 Å². The summed E-state index contributed by atoms with van der Waals surface area (Å²) >= 11 is 1.05. The van der Waals surface area contributed by atoms with Gasteiger partial charge in [0.2, 0.25) is 0 Å². The largest absolute Gasteiger partial charge is 0.484 e. The molecule has 0 aliphatic carbocycles. The third-order valence-corrected chi connectivity index (χ3v) is 4.17. The molecule has 0 spiro atoms. The van der Waals surface area contributed by atoms with E-state index in [1.807, 2.05) is 0 Å². The lowest BCUT2D eigenvalue weighted by atomic mass is 10.1. The average Bonchev–Trinajstić information content (AvgIpc) is 2.94. The molecule has 8 heteroatoms. The number of carbonyl (C=O) groups excluding carboxylic acids is 3. The second-order valence-corrected chi connectivity index (χ2v) is 6.07. The summed E-state index contributed by atoms with van der Waals surface area (Å²) in [5.41, 5.74) is 1.00. The van der Waals surface area contributed by atoms with Crippen LogP contribution >= 0.6 is 11.3 Å². The van der Waals surface area contributed by atoms with Crippen molar-refractivity contribution in [2.45, 2.75) is 20.8 Å². The van der Waals surface area contributed by atoms with Crippen LogP contribution in [0.1, 0.15) is 39.6 Å². The van der Waals surface area contributed by atoms with Gasteiger partial charge in [0, 0.05) is 5.56 Å². The normalized spacial score (nSPS) is 10.2. The van der Waals surface area contributed by atoms with Crippen LogP contribution in [0, 0.1) is 6.92 Å².